The highest BCUT2D eigenvalue weighted by molar-refractivity contribution is 7.20. The van der Waals surface area contributed by atoms with E-state index in [4.69, 9.17) is 9.98 Å². The van der Waals surface area contributed by atoms with Gasteiger partial charge in [0.25, 0.3) is 0 Å². The predicted molar refractivity (Wildman–Crippen MR) is 235 cm³/mol. The summed E-state index contributed by atoms with van der Waals surface area (Å²) in [6, 6.07) is 54.6. The van der Waals surface area contributed by atoms with E-state index in [2.05, 4.69) is 186 Å². The molecule has 1 aromatic heterocycles. The van der Waals surface area contributed by atoms with Crippen LogP contribution >= 0.6 is 11.3 Å². The van der Waals surface area contributed by atoms with Gasteiger partial charge in [0.05, 0.1) is 12.1 Å². The van der Waals surface area contributed by atoms with E-state index in [1.165, 1.54) is 54.0 Å². The second-order valence-electron chi connectivity index (χ2n) is 14.8. The van der Waals surface area contributed by atoms with Crippen LogP contribution in [0.25, 0.3) is 44.0 Å². The highest BCUT2D eigenvalue weighted by Crippen LogP contribution is 2.53. The number of rotatable bonds is 6. The minimum absolute atomic E-state index is 0.212. The maximum atomic E-state index is 5.35. The summed E-state index contributed by atoms with van der Waals surface area (Å²) < 4.78 is 1.36. The zero-order chi connectivity index (χ0) is 37.0. The molecule has 3 heterocycles. The molecule has 4 nitrogen and oxygen atoms in total. The summed E-state index contributed by atoms with van der Waals surface area (Å²) in [5.41, 5.74) is 13.4. The normalized spacial score (nSPS) is 19.4. The van der Waals surface area contributed by atoms with Crippen molar-refractivity contribution in [1.29, 1.82) is 0 Å². The molecule has 3 atom stereocenters. The predicted octanol–water partition coefficient (Wildman–Crippen LogP) is 12.4. The number of hydrogen-bond acceptors (Lipinski definition) is 5. The van der Waals surface area contributed by atoms with Crippen molar-refractivity contribution < 1.29 is 0 Å². The quantitative estimate of drug-likeness (QED) is 0.185. The van der Waals surface area contributed by atoms with Crippen LogP contribution in [0.3, 0.4) is 0 Å². The second kappa shape index (κ2) is 13.6. The lowest BCUT2D eigenvalue weighted by molar-refractivity contribution is 0.597. The van der Waals surface area contributed by atoms with Crippen molar-refractivity contribution in [3.05, 3.63) is 209 Å². The molecule has 7 aromatic rings. The molecule has 0 fully saturated rings. The minimum Gasteiger partial charge on any atom is -0.355 e. The van der Waals surface area contributed by atoms with Crippen LogP contribution in [0.5, 0.6) is 0 Å². The Morgan fingerprint density at radius 1 is 0.571 bits per heavy atom. The number of aliphatic imine (C=N–C) groups is 2. The maximum Gasteiger partial charge on any atom is 0.169 e. The van der Waals surface area contributed by atoms with E-state index < -0.39 is 6.17 Å². The molecular formula is C51H38N4S. The van der Waals surface area contributed by atoms with Gasteiger partial charge in [-0.05, 0) is 63.9 Å². The average Bonchev–Trinajstić information content (AvgIpc) is 3.83. The molecule has 11 rings (SSSR count). The van der Waals surface area contributed by atoms with Gasteiger partial charge in [-0.3, -0.25) is 0 Å². The van der Waals surface area contributed by atoms with E-state index in [9.17, 15) is 0 Å². The molecule has 0 radical (unpaired) electrons. The van der Waals surface area contributed by atoms with Crippen LogP contribution in [-0.4, -0.2) is 17.7 Å². The van der Waals surface area contributed by atoms with Crippen molar-refractivity contribution in [2.24, 2.45) is 9.98 Å². The van der Waals surface area contributed by atoms with Gasteiger partial charge < -0.3 is 10.2 Å². The first kappa shape index (κ1) is 32.8. The summed E-state index contributed by atoms with van der Waals surface area (Å²) in [6.45, 7) is 0. The Balaban J connectivity index is 1.02. The third kappa shape index (κ3) is 5.58. The van der Waals surface area contributed by atoms with E-state index >= 15 is 0 Å². The number of hydrogen-bond donors (Lipinski definition) is 1. The van der Waals surface area contributed by atoms with E-state index in [-0.39, 0.29) is 12.1 Å². The number of thiophene rings is 1. The van der Waals surface area contributed by atoms with Gasteiger partial charge in [0, 0.05) is 37.3 Å². The number of nitrogens with one attached hydrogen (secondary N) is 1. The molecule has 0 saturated carbocycles. The Labute approximate surface area is 331 Å². The van der Waals surface area contributed by atoms with Crippen LogP contribution in [0.2, 0.25) is 0 Å². The first-order chi connectivity index (χ1) is 27.8. The Hall–Kier alpha value is -6.56. The van der Waals surface area contributed by atoms with Crippen molar-refractivity contribution in [2.45, 2.75) is 31.1 Å². The number of nitrogens with zero attached hydrogens (tertiary/aromatic N) is 3. The molecule has 1 N–H and O–H groups in total. The second-order valence-corrected chi connectivity index (χ2v) is 15.9. The van der Waals surface area contributed by atoms with Crippen LogP contribution in [-0.2, 0) is 0 Å². The molecule has 0 spiro atoms. The smallest absolute Gasteiger partial charge is 0.169 e. The monoisotopic (exact) mass is 738 g/mol. The van der Waals surface area contributed by atoms with Crippen LogP contribution in [0.15, 0.2) is 186 Å². The third-order valence-electron chi connectivity index (χ3n) is 11.6. The fourth-order valence-corrected chi connectivity index (χ4v) is 10.4. The Kier molecular flexibility index (Phi) is 7.99. The highest BCUT2D eigenvalue weighted by atomic mass is 32.1. The van der Waals surface area contributed by atoms with Gasteiger partial charge in [-0.2, -0.15) is 0 Å². The van der Waals surface area contributed by atoms with Crippen molar-refractivity contribution in [1.82, 2.24) is 5.32 Å². The molecule has 56 heavy (non-hydrogen) atoms. The van der Waals surface area contributed by atoms with Crippen molar-refractivity contribution in [3.8, 4) is 22.3 Å². The van der Waals surface area contributed by atoms with Gasteiger partial charge >= 0.3 is 0 Å². The average molecular weight is 739 g/mol. The zero-order valence-corrected chi connectivity index (χ0v) is 31.5. The lowest BCUT2D eigenvalue weighted by atomic mass is 9.93. The van der Waals surface area contributed by atoms with Crippen molar-refractivity contribution >= 4 is 50.4 Å². The molecule has 5 heteroatoms. The minimum atomic E-state index is -0.396. The van der Waals surface area contributed by atoms with Crippen LogP contribution < -0.4 is 10.2 Å². The number of benzene rings is 6. The zero-order valence-electron chi connectivity index (χ0n) is 30.7. The Morgan fingerprint density at radius 3 is 2.07 bits per heavy atom. The van der Waals surface area contributed by atoms with Crippen molar-refractivity contribution in [2.75, 3.05) is 4.90 Å². The van der Waals surface area contributed by atoms with E-state index in [1.54, 1.807) is 0 Å². The van der Waals surface area contributed by atoms with Crippen LogP contribution in [0.4, 0.5) is 5.69 Å². The highest BCUT2D eigenvalue weighted by Gasteiger charge is 2.41. The summed E-state index contributed by atoms with van der Waals surface area (Å²) in [7, 11) is 0. The summed E-state index contributed by atoms with van der Waals surface area (Å²) in [5.74, 6) is 1.66. The van der Waals surface area contributed by atoms with Gasteiger partial charge in [0.2, 0.25) is 0 Å². The lowest BCUT2D eigenvalue weighted by Crippen LogP contribution is -2.37. The third-order valence-corrected chi connectivity index (χ3v) is 12.9. The van der Waals surface area contributed by atoms with Gasteiger partial charge in [-0.1, -0.05) is 170 Å². The van der Waals surface area contributed by atoms with Gasteiger partial charge in [-0.15, -0.1) is 11.3 Å². The molecule has 0 saturated heterocycles. The summed E-state index contributed by atoms with van der Waals surface area (Å²) >= 11 is 1.98. The van der Waals surface area contributed by atoms with Gasteiger partial charge in [-0.25, -0.2) is 9.98 Å². The fourth-order valence-electron chi connectivity index (χ4n) is 8.92. The van der Waals surface area contributed by atoms with E-state index in [1.807, 2.05) is 17.4 Å². The molecule has 0 bridgehead atoms. The molecule has 3 unspecified atom stereocenters. The fraction of sp³-hybridized carbons (Fsp3) is 0.0980. The van der Waals surface area contributed by atoms with Gasteiger partial charge in [0.1, 0.15) is 11.7 Å². The first-order valence-electron chi connectivity index (χ1n) is 19.5. The number of fused-ring (bicyclic) bond motifs is 6. The maximum absolute atomic E-state index is 5.35. The van der Waals surface area contributed by atoms with E-state index in [0.717, 1.165) is 46.8 Å². The molecule has 268 valence electrons. The Morgan fingerprint density at radius 2 is 1.27 bits per heavy atom. The molecule has 4 aliphatic rings. The molecule has 2 aliphatic carbocycles. The van der Waals surface area contributed by atoms with Crippen LogP contribution in [0.1, 0.15) is 57.7 Å². The number of amidine groups is 2. The number of anilines is 1. The Bertz CT molecular complexity index is 2790. The number of allylic oxidation sites excluding steroid dienone is 2. The summed E-state index contributed by atoms with van der Waals surface area (Å²) in [6.07, 6.45) is 13.2. The molecular weight excluding hydrogens is 701 g/mol. The topological polar surface area (TPSA) is 40.0 Å². The molecule has 0 amide bonds. The van der Waals surface area contributed by atoms with E-state index in [0.29, 0.717) is 0 Å². The molecule has 6 aromatic carbocycles. The SMILES string of the molecule is C1=CCC2C(=C1)c1ccc(C3=NC(c4cccc(-c5ccccc5)c4)N=C(c4ccccc4)N3)cc1N2C1CC=Cc2c1sc1c(-c3ccccc3)cccc21. The lowest BCUT2D eigenvalue weighted by Gasteiger charge is -2.37. The first-order valence-corrected chi connectivity index (χ1v) is 20.3. The van der Waals surface area contributed by atoms with Crippen molar-refractivity contribution in [3.63, 3.8) is 0 Å². The molecule has 2 aliphatic heterocycles. The van der Waals surface area contributed by atoms with Crippen LogP contribution in [0, 0.1) is 0 Å². The standard InChI is InChI=1S/C51H38N4S/c1-4-15-33(16-5-1)36-21-12-22-37(31-36)50-52-49(35-19-8-3-9-20-35)53-51(54-50)38-29-30-41-40-23-10-11-27-44(40)55(46(41)32-38)45-28-14-26-43-42-25-13-24-39(47(42)56-48(43)45)34-17-6-2-7-18-34/h1-26,29-32,44-45,50H,27-28H2,(H,52,53,54). The largest absolute Gasteiger partial charge is 0.355 e. The summed E-state index contributed by atoms with van der Waals surface area (Å²) in [4.78, 5) is 14.7. The summed E-state index contributed by atoms with van der Waals surface area (Å²) in [5, 5.41) is 5.02. The van der Waals surface area contributed by atoms with Gasteiger partial charge in [0.15, 0.2) is 6.17 Å².